The minimum atomic E-state index is -4.38. The van der Waals surface area contributed by atoms with Crippen LogP contribution in [0.3, 0.4) is 0 Å². The summed E-state index contributed by atoms with van der Waals surface area (Å²) in [4.78, 5) is 30.1. The smallest absolute Gasteiger partial charge is 0.264 e. The molecule has 0 aliphatic heterocycles. The third kappa shape index (κ3) is 9.12. The van der Waals surface area contributed by atoms with Crippen LogP contribution in [0.15, 0.2) is 102 Å². The van der Waals surface area contributed by atoms with Gasteiger partial charge in [0.1, 0.15) is 24.2 Å². The molecule has 1 fully saturated rings. The molecule has 0 unspecified atom stereocenters. The number of hydrogen-bond donors (Lipinski definition) is 1. The summed E-state index contributed by atoms with van der Waals surface area (Å²) in [5.74, 6) is -1.15. The fourth-order valence-electron chi connectivity index (χ4n) is 5.91. The van der Waals surface area contributed by atoms with Crippen molar-refractivity contribution in [2.45, 2.75) is 62.6 Å². The van der Waals surface area contributed by atoms with Crippen LogP contribution >= 0.6 is 23.2 Å². The Kier molecular flexibility index (Phi) is 12.2. The van der Waals surface area contributed by atoms with E-state index in [1.54, 1.807) is 18.2 Å². The molecule has 1 aliphatic rings. The molecule has 1 saturated carbocycles. The van der Waals surface area contributed by atoms with Crippen molar-refractivity contribution in [3.05, 3.63) is 124 Å². The minimum Gasteiger partial charge on any atom is -0.494 e. The largest absolute Gasteiger partial charge is 0.494 e. The molecule has 258 valence electrons. The van der Waals surface area contributed by atoms with Gasteiger partial charge < -0.3 is 15.0 Å². The summed E-state index contributed by atoms with van der Waals surface area (Å²) in [5, 5.41) is 3.71. The number of halogens is 3. The Hall–Kier alpha value is -4.12. The van der Waals surface area contributed by atoms with Gasteiger partial charge in [-0.3, -0.25) is 13.9 Å². The van der Waals surface area contributed by atoms with Crippen molar-refractivity contribution in [2.75, 3.05) is 17.5 Å². The van der Waals surface area contributed by atoms with E-state index in [9.17, 15) is 22.4 Å². The number of nitrogens with one attached hydrogen (secondary N) is 1. The first-order valence-electron chi connectivity index (χ1n) is 16.1. The molecule has 1 N–H and O–H groups in total. The van der Waals surface area contributed by atoms with E-state index in [1.807, 2.05) is 37.3 Å². The molecule has 0 heterocycles. The molecule has 0 spiro atoms. The molecule has 5 rings (SSSR count). The van der Waals surface area contributed by atoms with E-state index in [1.165, 1.54) is 41.3 Å². The van der Waals surface area contributed by atoms with Crippen molar-refractivity contribution >= 4 is 50.7 Å². The first kappa shape index (κ1) is 36.2. The Morgan fingerprint density at radius 3 is 2.14 bits per heavy atom. The van der Waals surface area contributed by atoms with Crippen LogP contribution in [-0.4, -0.2) is 50.4 Å². The number of carbonyl (C=O) groups excluding carboxylic acids is 2. The highest BCUT2D eigenvalue weighted by molar-refractivity contribution is 7.92. The van der Waals surface area contributed by atoms with Crippen LogP contribution in [0.1, 0.15) is 43.7 Å². The molecule has 4 aromatic rings. The summed E-state index contributed by atoms with van der Waals surface area (Å²) in [6.07, 6.45) is 3.78. The molecule has 12 heteroatoms. The van der Waals surface area contributed by atoms with E-state index in [4.69, 9.17) is 27.9 Å². The Labute approximate surface area is 296 Å². The zero-order valence-electron chi connectivity index (χ0n) is 27.0. The number of amides is 2. The topological polar surface area (TPSA) is 96.0 Å². The number of nitrogens with zero attached hydrogens (tertiary/aromatic N) is 2. The third-order valence-electron chi connectivity index (χ3n) is 8.48. The van der Waals surface area contributed by atoms with Crippen LogP contribution < -0.4 is 14.4 Å². The van der Waals surface area contributed by atoms with Crippen molar-refractivity contribution in [1.82, 2.24) is 10.2 Å². The highest BCUT2D eigenvalue weighted by Crippen LogP contribution is 2.30. The quantitative estimate of drug-likeness (QED) is 0.146. The predicted molar refractivity (Wildman–Crippen MR) is 190 cm³/mol. The summed E-state index contributed by atoms with van der Waals surface area (Å²) >= 11 is 13.2. The van der Waals surface area contributed by atoms with Crippen molar-refractivity contribution in [3.63, 3.8) is 0 Å². The highest BCUT2D eigenvalue weighted by atomic mass is 35.5. The zero-order chi connectivity index (χ0) is 35.0. The van der Waals surface area contributed by atoms with Crippen LogP contribution in [0, 0.1) is 5.82 Å². The standard InChI is InChI=1S/C37H38Cl2FN3O5S/c1-2-48-30-19-21-31(22-20-30)49(46,47)43(29-17-15-27(40)16-18-29)25-36(44)42(24-32-33(38)13-8-14-34(32)39)35(23-26-9-4-3-5-10-26)37(45)41-28-11-6-7-12-28/h3-5,8-10,13-22,28,35H,2,6-7,11-12,23-25H2,1H3,(H,41,45)/t35-/m1/s1. The molecule has 0 bridgehead atoms. The SMILES string of the molecule is CCOc1ccc(S(=O)(=O)N(CC(=O)N(Cc2c(Cl)cccc2Cl)[C@H](Cc2ccccc2)C(=O)NC2CCCC2)c2ccc(F)cc2)cc1. The lowest BCUT2D eigenvalue weighted by molar-refractivity contribution is -0.140. The van der Waals surface area contributed by atoms with Crippen molar-refractivity contribution in [2.24, 2.45) is 0 Å². The lowest BCUT2D eigenvalue weighted by Crippen LogP contribution is -2.54. The van der Waals surface area contributed by atoms with Gasteiger partial charge in [0.2, 0.25) is 11.8 Å². The van der Waals surface area contributed by atoms with Gasteiger partial charge in [-0.2, -0.15) is 0 Å². The van der Waals surface area contributed by atoms with Gasteiger partial charge in [-0.15, -0.1) is 0 Å². The van der Waals surface area contributed by atoms with Crippen LogP contribution in [0.4, 0.5) is 10.1 Å². The summed E-state index contributed by atoms with van der Waals surface area (Å²) in [7, 11) is -4.38. The van der Waals surface area contributed by atoms with Gasteiger partial charge in [0, 0.05) is 34.6 Å². The lowest BCUT2D eigenvalue weighted by atomic mass is 10.0. The fourth-order valence-corrected chi connectivity index (χ4v) is 7.84. The van der Waals surface area contributed by atoms with Crippen molar-refractivity contribution < 1.29 is 27.1 Å². The van der Waals surface area contributed by atoms with Crippen LogP contribution in [0.25, 0.3) is 0 Å². The van der Waals surface area contributed by atoms with Gasteiger partial charge in [0.25, 0.3) is 10.0 Å². The molecule has 0 radical (unpaired) electrons. The molecular weight excluding hydrogens is 688 g/mol. The predicted octanol–water partition coefficient (Wildman–Crippen LogP) is 7.43. The number of sulfonamides is 1. The van der Waals surface area contributed by atoms with Gasteiger partial charge >= 0.3 is 0 Å². The average Bonchev–Trinajstić information content (AvgIpc) is 3.60. The van der Waals surface area contributed by atoms with Crippen LogP contribution in [0.5, 0.6) is 5.75 Å². The van der Waals surface area contributed by atoms with Crippen molar-refractivity contribution in [3.8, 4) is 5.75 Å². The molecule has 8 nitrogen and oxygen atoms in total. The first-order valence-corrected chi connectivity index (χ1v) is 18.3. The van der Waals surface area contributed by atoms with E-state index in [2.05, 4.69) is 5.32 Å². The number of carbonyl (C=O) groups is 2. The number of hydrogen-bond acceptors (Lipinski definition) is 5. The van der Waals surface area contributed by atoms with Crippen molar-refractivity contribution in [1.29, 1.82) is 0 Å². The molecule has 0 saturated heterocycles. The second-order valence-corrected chi connectivity index (χ2v) is 14.5. The summed E-state index contributed by atoms with van der Waals surface area (Å²) in [6.45, 7) is 1.33. The number of ether oxygens (including phenoxy) is 1. The number of rotatable bonds is 14. The van der Waals surface area contributed by atoms with E-state index >= 15 is 0 Å². The molecule has 0 aromatic heterocycles. The lowest BCUT2D eigenvalue weighted by Gasteiger charge is -2.34. The maximum absolute atomic E-state index is 14.7. The number of benzene rings is 4. The van der Waals surface area contributed by atoms with Gasteiger partial charge in [0.05, 0.1) is 17.2 Å². The van der Waals surface area contributed by atoms with E-state index in [0.29, 0.717) is 17.9 Å². The molecule has 1 aliphatic carbocycles. The molecule has 2 amide bonds. The average molecular weight is 727 g/mol. The van der Waals surface area contributed by atoms with Gasteiger partial charge in [-0.25, -0.2) is 12.8 Å². The third-order valence-corrected chi connectivity index (χ3v) is 11.0. The van der Waals surface area contributed by atoms with E-state index < -0.39 is 34.3 Å². The fraction of sp³-hybridized carbons (Fsp3) is 0.297. The van der Waals surface area contributed by atoms with E-state index in [0.717, 1.165) is 47.7 Å². The minimum absolute atomic E-state index is 0.0395. The van der Waals surface area contributed by atoms with Gasteiger partial charge in [0.15, 0.2) is 0 Å². The summed E-state index contributed by atoms with van der Waals surface area (Å²) in [5.41, 5.74) is 1.28. The maximum atomic E-state index is 14.7. The Bertz CT molecular complexity index is 1820. The normalized spacial score (nSPS) is 13.9. The van der Waals surface area contributed by atoms with Gasteiger partial charge in [-0.1, -0.05) is 72.4 Å². The van der Waals surface area contributed by atoms with Gasteiger partial charge in [-0.05, 0) is 86.0 Å². The first-order chi connectivity index (χ1) is 23.6. The Balaban J connectivity index is 1.58. The van der Waals surface area contributed by atoms with E-state index in [-0.39, 0.29) is 45.5 Å². The summed E-state index contributed by atoms with van der Waals surface area (Å²) in [6, 6.07) is 23.8. The molecule has 4 aromatic carbocycles. The second kappa shape index (κ2) is 16.5. The highest BCUT2D eigenvalue weighted by Gasteiger charge is 2.36. The van der Waals surface area contributed by atoms with Crippen LogP contribution in [-0.2, 0) is 32.6 Å². The molecule has 49 heavy (non-hydrogen) atoms. The van der Waals surface area contributed by atoms with Crippen LogP contribution in [0.2, 0.25) is 10.0 Å². The second-order valence-electron chi connectivity index (χ2n) is 11.8. The maximum Gasteiger partial charge on any atom is 0.264 e. The summed E-state index contributed by atoms with van der Waals surface area (Å²) < 4.78 is 48.9. The molecule has 1 atom stereocenters. The molecular formula is C37H38Cl2FN3O5S. The number of anilines is 1. The Morgan fingerprint density at radius 2 is 1.53 bits per heavy atom. The zero-order valence-corrected chi connectivity index (χ0v) is 29.4. The monoisotopic (exact) mass is 725 g/mol. The Morgan fingerprint density at radius 1 is 0.898 bits per heavy atom.